The van der Waals surface area contributed by atoms with Gasteiger partial charge < -0.3 is 19.2 Å². The number of aromatic nitrogens is 12. The van der Waals surface area contributed by atoms with Crippen LogP contribution in [0.2, 0.25) is 0 Å². The van der Waals surface area contributed by atoms with Gasteiger partial charge >= 0.3 is 7.12 Å². The summed E-state index contributed by atoms with van der Waals surface area (Å²) in [5.74, 6) is 3.77. The summed E-state index contributed by atoms with van der Waals surface area (Å²) in [7, 11) is -1.47. The Hall–Kier alpha value is -14.9. The molecule has 8 heterocycles. The molecule has 0 saturated carbocycles. The fourth-order valence-corrected chi connectivity index (χ4v) is 16.2. The highest BCUT2D eigenvalue weighted by Crippen LogP contribution is 2.41. The minimum absolute atomic E-state index is 0.493. The van der Waals surface area contributed by atoms with Crippen molar-refractivity contribution in [3.05, 3.63) is 393 Å². The van der Waals surface area contributed by atoms with E-state index < -0.39 is 7.12 Å². The van der Waals surface area contributed by atoms with Crippen LogP contribution in [0.15, 0.2) is 393 Å². The zero-order valence-electron chi connectivity index (χ0n) is 62.2. The summed E-state index contributed by atoms with van der Waals surface area (Å²) in [6.07, 6.45) is 3.70. The van der Waals surface area contributed by atoms with E-state index >= 15 is 0 Å². The molecule has 0 atom stereocenters. The van der Waals surface area contributed by atoms with Gasteiger partial charge in [-0.3, -0.25) is 9.13 Å². The molecule has 0 radical (unpaired) electrons. The summed E-state index contributed by atoms with van der Waals surface area (Å²) in [5.41, 5.74) is 20.9. The molecule has 0 aliphatic rings. The molecule has 0 aliphatic carbocycles. The maximum Gasteiger partial charge on any atom is 0.488 e. The number of benzene rings is 14. The summed E-state index contributed by atoms with van der Waals surface area (Å²) in [4.78, 5) is 39.3. The molecule has 22 rings (SSSR count). The average Bonchev–Trinajstić information content (AvgIpc) is 1.59. The van der Waals surface area contributed by atoms with Crippen molar-refractivity contribution in [2.45, 2.75) is 0 Å². The van der Waals surface area contributed by atoms with E-state index in [-0.39, 0.29) is 0 Å². The van der Waals surface area contributed by atoms with Gasteiger partial charge in [-0.25, -0.2) is 39.9 Å². The summed E-state index contributed by atoms with van der Waals surface area (Å²) in [6.45, 7) is 0. The standard InChI is InChI=1S/C50H32N6.C32H20BrN5.C18H14BNO2/c1-4-14-33(15-5-1)47-52-48(34-16-6-2-7-17-34)54-49(53-47)37-18-12-21-39(30-37)56-46-32-36(26-28-42(46)43-23-13-29-51-50(43)56)35-25-27-41-40-22-10-11-24-44(40)55(45(41)31-35)38-19-8-3-9-20-38;33-24-16-17-26-27-15-8-18-34-32(27)38(28(26)20-24)25-14-7-13-23(19-25)31-36-29(21-9-3-1-4-10-21)35-30(37-31)22-11-5-2-6-12-22;21-19(22)13-10-11-16-15-8-4-5-9-17(15)20(18(16)12-13)14-6-2-1-3-7-14/h1-32H;1-20H;1-12,21-22H. The molecule has 0 bridgehead atoms. The van der Waals surface area contributed by atoms with Crippen molar-refractivity contribution >= 4 is 116 Å². The number of hydrogen-bond acceptors (Lipinski definition) is 10. The van der Waals surface area contributed by atoms with E-state index in [2.05, 4.69) is 204 Å². The molecule has 14 nitrogen and oxygen atoms in total. The van der Waals surface area contributed by atoms with Gasteiger partial charge in [0.05, 0.1) is 33.1 Å². The zero-order valence-corrected chi connectivity index (χ0v) is 63.8. The van der Waals surface area contributed by atoms with Gasteiger partial charge in [-0.15, -0.1) is 0 Å². The van der Waals surface area contributed by atoms with Crippen LogP contribution in [-0.4, -0.2) is 75.3 Å². The largest absolute Gasteiger partial charge is 0.488 e. The number of rotatable bonds is 12. The quantitative estimate of drug-likeness (QED) is 0.113. The number of pyridine rings is 2. The van der Waals surface area contributed by atoms with E-state index in [4.69, 9.17) is 39.9 Å². The summed E-state index contributed by atoms with van der Waals surface area (Å²) in [5, 5.41) is 28.2. The number of fused-ring (bicyclic) bond motifs is 12. The van der Waals surface area contributed by atoms with Crippen LogP contribution in [-0.2, 0) is 0 Å². The topological polar surface area (TPSA) is 163 Å². The highest BCUT2D eigenvalue weighted by atomic mass is 79.9. The fourth-order valence-electron chi connectivity index (χ4n) is 15.8. The predicted molar refractivity (Wildman–Crippen MR) is 475 cm³/mol. The lowest BCUT2D eigenvalue weighted by molar-refractivity contribution is 0.426. The molecule has 22 aromatic rings. The highest BCUT2D eigenvalue weighted by molar-refractivity contribution is 9.10. The van der Waals surface area contributed by atoms with Crippen LogP contribution in [0.3, 0.4) is 0 Å². The predicted octanol–water partition coefficient (Wildman–Crippen LogP) is 22.7. The first-order chi connectivity index (χ1) is 57.3. The van der Waals surface area contributed by atoms with E-state index in [0.717, 1.165) is 137 Å². The third kappa shape index (κ3) is 13.2. The third-order valence-electron chi connectivity index (χ3n) is 21.2. The van der Waals surface area contributed by atoms with Crippen molar-refractivity contribution in [1.82, 2.24) is 58.1 Å². The average molecular weight is 1560 g/mol. The van der Waals surface area contributed by atoms with E-state index in [1.165, 1.54) is 21.8 Å². The smallest absolute Gasteiger partial charge is 0.423 e. The number of para-hydroxylation sites is 4. The maximum absolute atomic E-state index is 9.47. The van der Waals surface area contributed by atoms with Crippen LogP contribution in [0.5, 0.6) is 0 Å². The molecule has 8 aromatic heterocycles. The van der Waals surface area contributed by atoms with E-state index in [0.29, 0.717) is 40.4 Å². The highest BCUT2D eigenvalue weighted by Gasteiger charge is 2.23. The summed E-state index contributed by atoms with van der Waals surface area (Å²) in [6, 6.07) is 128. The molecule has 0 unspecified atom stereocenters. The molecule has 0 aliphatic heterocycles. The van der Waals surface area contributed by atoms with Gasteiger partial charge in [0.2, 0.25) is 0 Å². The van der Waals surface area contributed by atoms with Crippen LogP contribution in [0, 0.1) is 0 Å². The van der Waals surface area contributed by atoms with Crippen molar-refractivity contribution in [2.24, 2.45) is 0 Å². The van der Waals surface area contributed by atoms with Crippen molar-refractivity contribution in [3.8, 4) is 102 Å². The molecule has 116 heavy (non-hydrogen) atoms. The Labute approximate surface area is 674 Å². The van der Waals surface area contributed by atoms with Gasteiger partial charge in [-0.2, -0.15) is 0 Å². The van der Waals surface area contributed by atoms with Crippen LogP contribution < -0.4 is 5.46 Å². The van der Waals surface area contributed by atoms with Gasteiger partial charge in [0.25, 0.3) is 0 Å². The summed E-state index contributed by atoms with van der Waals surface area (Å²) < 4.78 is 9.98. The molecule has 0 saturated heterocycles. The normalized spacial score (nSPS) is 11.4. The summed E-state index contributed by atoms with van der Waals surface area (Å²) >= 11 is 3.65. The number of halogens is 1. The Balaban J connectivity index is 0.000000124. The minimum atomic E-state index is -1.47. The molecule has 0 amide bonds. The van der Waals surface area contributed by atoms with Crippen LogP contribution in [0.4, 0.5) is 0 Å². The molecular formula is C100H66BBrN12O2. The lowest BCUT2D eigenvalue weighted by atomic mass is 9.80. The fraction of sp³-hybridized carbons (Fsp3) is 0. The minimum Gasteiger partial charge on any atom is -0.423 e. The number of hydrogen-bond donors (Lipinski definition) is 2. The maximum atomic E-state index is 9.47. The van der Waals surface area contributed by atoms with Crippen molar-refractivity contribution in [1.29, 1.82) is 0 Å². The van der Waals surface area contributed by atoms with Gasteiger partial charge in [0, 0.05) is 116 Å². The second-order valence-electron chi connectivity index (χ2n) is 28.2. The van der Waals surface area contributed by atoms with Crippen LogP contribution in [0.1, 0.15) is 0 Å². The third-order valence-corrected chi connectivity index (χ3v) is 21.7. The number of nitrogens with zero attached hydrogens (tertiary/aromatic N) is 12. The first kappa shape index (κ1) is 70.2. The molecule has 16 heteroatoms. The molecular weight excluding hydrogens is 1490 g/mol. The van der Waals surface area contributed by atoms with Gasteiger partial charge in [-0.1, -0.05) is 277 Å². The SMILES string of the molecule is Brc1ccc2c3cccnc3n(-c3cccc(-c4nc(-c5ccccc5)nc(-c5ccccc5)n4)c3)c2c1.OB(O)c1ccc2c3ccccc3n(-c3ccccc3)c2c1.c1ccc(-c2nc(-c3ccccc3)nc(-c3cccc(-n4c5cc(-c6ccc7c8ccccc8n(-c8ccccc8)c7c6)ccc5c5cccnc54)c3)n2)cc1. The van der Waals surface area contributed by atoms with Gasteiger partial charge in [-0.05, 0) is 132 Å². The molecule has 0 fully saturated rings. The molecule has 14 aromatic carbocycles. The lowest BCUT2D eigenvalue weighted by Crippen LogP contribution is -2.29. The van der Waals surface area contributed by atoms with E-state index in [1.54, 1.807) is 6.07 Å². The van der Waals surface area contributed by atoms with Crippen molar-refractivity contribution in [3.63, 3.8) is 0 Å². The first-order valence-electron chi connectivity index (χ1n) is 38.2. The Morgan fingerprint density at radius 3 is 0.931 bits per heavy atom. The Bertz CT molecular complexity index is 7340. The van der Waals surface area contributed by atoms with Crippen molar-refractivity contribution < 1.29 is 10.0 Å². The second-order valence-corrected chi connectivity index (χ2v) is 29.2. The monoisotopic (exact) mass is 1560 g/mol. The molecule has 2 N–H and O–H groups in total. The van der Waals surface area contributed by atoms with Crippen LogP contribution in [0.25, 0.3) is 190 Å². The van der Waals surface area contributed by atoms with Crippen LogP contribution >= 0.6 is 15.9 Å². The Morgan fingerprint density at radius 1 is 0.216 bits per heavy atom. The van der Waals surface area contributed by atoms with E-state index in [9.17, 15) is 10.0 Å². The van der Waals surface area contributed by atoms with E-state index in [1.807, 2.05) is 213 Å². The Morgan fingerprint density at radius 2 is 0.517 bits per heavy atom. The van der Waals surface area contributed by atoms with Crippen molar-refractivity contribution in [2.75, 3.05) is 0 Å². The Kier molecular flexibility index (Phi) is 18.3. The lowest BCUT2D eigenvalue weighted by Gasteiger charge is -2.12. The zero-order chi connectivity index (χ0) is 77.6. The second kappa shape index (κ2) is 30.3. The molecule has 0 spiro atoms. The first-order valence-corrected chi connectivity index (χ1v) is 39.0. The molecule has 548 valence electrons. The van der Waals surface area contributed by atoms with Gasteiger partial charge in [0.15, 0.2) is 34.9 Å². The van der Waals surface area contributed by atoms with Gasteiger partial charge in [0.1, 0.15) is 11.3 Å².